The Labute approximate surface area is 249 Å². The topological polar surface area (TPSA) is 80.6 Å². The normalized spacial score (nSPS) is 14.6. The minimum atomic E-state index is -0.863. The molecule has 3 aromatic carbocycles. The largest absolute Gasteiger partial charge is 0.489 e. The van der Waals surface area contributed by atoms with Crippen molar-refractivity contribution in [3.8, 4) is 11.4 Å². The average molecular weight is 639 g/mol. The lowest BCUT2D eigenvalue weighted by atomic mass is 10.1. The van der Waals surface area contributed by atoms with Crippen LogP contribution in [0.5, 0.6) is 5.75 Å². The smallest absolute Gasteiger partial charge is 0.335 e. The van der Waals surface area contributed by atoms with Gasteiger partial charge in [-0.25, -0.2) is 9.69 Å². The second-order valence-corrected chi connectivity index (χ2v) is 10.9. The summed E-state index contributed by atoms with van der Waals surface area (Å²) in [5.41, 5.74) is 4.34. The molecule has 0 atom stereocenters. The summed E-state index contributed by atoms with van der Waals surface area (Å²) in [5, 5.41) is 2.68. The van der Waals surface area contributed by atoms with Crippen molar-refractivity contribution in [3.05, 3.63) is 115 Å². The first-order chi connectivity index (χ1) is 19.1. The van der Waals surface area contributed by atoms with Crippen LogP contribution in [-0.4, -0.2) is 22.4 Å². The second kappa shape index (κ2) is 11.3. The van der Waals surface area contributed by atoms with Crippen molar-refractivity contribution < 1.29 is 19.1 Å². The molecule has 1 aromatic heterocycles. The molecule has 40 heavy (non-hydrogen) atoms. The highest BCUT2D eigenvalue weighted by atomic mass is 79.9. The molecule has 1 aliphatic heterocycles. The van der Waals surface area contributed by atoms with Gasteiger partial charge in [0.15, 0.2) is 0 Å². The lowest BCUT2D eigenvalue weighted by molar-refractivity contribution is -0.122. The Morgan fingerprint density at radius 2 is 1.55 bits per heavy atom. The summed E-state index contributed by atoms with van der Waals surface area (Å²) in [6.07, 6.45) is 1.49. The Morgan fingerprint density at radius 3 is 2.23 bits per heavy atom. The molecular formula is C30H22BrCl2N3O4. The number of hydrogen-bond acceptors (Lipinski definition) is 4. The number of urea groups is 1. The SMILES string of the molecule is Cc1cc(/C=C2\C(=O)NC(=O)N(c3ccc(Cl)c(Cl)c3)C2=O)c(C)n1-c1ccc(OCc2ccc(Br)cc2)cc1. The van der Waals surface area contributed by atoms with Crippen LogP contribution in [0.4, 0.5) is 10.5 Å². The number of halogens is 3. The summed E-state index contributed by atoms with van der Waals surface area (Å²) in [6, 6.07) is 21.0. The first-order valence-corrected chi connectivity index (χ1v) is 13.7. The molecule has 202 valence electrons. The molecule has 0 saturated carbocycles. The van der Waals surface area contributed by atoms with Crippen LogP contribution in [0, 0.1) is 13.8 Å². The molecule has 2 heterocycles. The molecule has 5 rings (SSSR count). The second-order valence-electron chi connectivity index (χ2n) is 9.13. The van der Waals surface area contributed by atoms with Gasteiger partial charge in [-0.15, -0.1) is 0 Å². The van der Waals surface area contributed by atoms with E-state index in [0.29, 0.717) is 12.2 Å². The number of aromatic nitrogens is 1. The summed E-state index contributed by atoms with van der Waals surface area (Å²) >= 11 is 15.5. The van der Waals surface area contributed by atoms with Gasteiger partial charge >= 0.3 is 6.03 Å². The number of benzene rings is 3. The predicted octanol–water partition coefficient (Wildman–Crippen LogP) is 7.41. The van der Waals surface area contributed by atoms with E-state index < -0.39 is 17.8 Å². The lowest BCUT2D eigenvalue weighted by Gasteiger charge is -2.26. The number of nitrogens with zero attached hydrogens (tertiary/aromatic N) is 2. The quantitative estimate of drug-likeness (QED) is 0.176. The molecule has 0 unspecified atom stereocenters. The molecule has 4 amide bonds. The van der Waals surface area contributed by atoms with Crippen molar-refractivity contribution >= 4 is 68.7 Å². The molecule has 4 aromatic rings. The van der Waals surface area contributed by atoms with E-state index in [4.69, 9.17) is 27.9 Å². The Balaban J connectivity index is 1.40. The highest BCUT2D eigenvalue weighted by molar-refractivity contribution is 9.10. The van der Waals surface area contributed by atoms with Gasteiger partial charge in [-0.3, -0.25) is 14.9 Å². The highest BCUT2D eigenvalue weighted by Crippen LogP contribution is 2.30. The van der Waals surface area contributed by atoms with Crippen LogP contribution in [0.25, 0.3) is 11.8 Å². The third-order valence-corrected chi connectivity index (χ3v) is 7.71. The first kappa shape index (κ1) is 27.7. The van der Waals surface area contributed by atoms with Gasteiger partial charge in [0, 0.05) is 21.5 Å². The van der Waals surface area contributed by atoms with E-state index in [1.807, 2.05) is 73.0 Å². The molecule has 7 nitrogen and oxygen atoms in total. The monoisotopic (exact) mass is 637 g/mol. The maximum Gasteiger partial charge on any atom is 0.335 e. The van der Waals surface area contributed by atoms with Crippen LogP contribution in [0.3, 0.4) is 0 Å². The molecule has 0 aliphatic carbocycles. The van der Waals surface area contributed by atoms with E-state index in [1.54, 1.807) is 0 Å². The summed E-state index contributed by atoms with van der Waals surface area (Å²) in [7, 11) is 0. The number of amides is 4. The Bertz CT molecular complexity index is 1680. The zero-order chi connectivity index (χ0) is 28.6. The molecule has 1 N–H and O–H groups in total. The van der Waals surface area contributed by atoms with Gasteiger partial charge in [-0.1, -0.05) is 51.3 Å². The van der Waals surface area contributed by atoms with Gasteiger partial charge in [-0.2, -0.15) is 0 Å². The van der Waals surface area contributed by atoms with E-state index in [2.05, 4.69) is 21.2 Å². The van der Waals surface area contributed by atoms with Gasteiger partial charge in [0.1, 0.15) is 17.9 Å². The molecule has 1 aliphatic rings. The third kappa shape index (κ3) is 5.56. The summed E-state index contributed by atoms with van der Waals surface area (Å²) < 4.78 is 8.94. The fourth-order valence-corrected chi connectivity index (χ4v) is 5.00. The standard InChI is InChI=1S/C30H22BrCl2N3O4/c1-17-13-20(14-25-28(37)34-30(39)36(29(25)38)23-9-12-26(32)27(33)15-23)18(2)35(17)22-7-10-24(11-8-22)40-16-19-3-5-21(31)6-4-19/h3-15H,16H2,1-2H3,(H,34,37,39)/b25-14+. The molecule has 0 spiro atoms. The fourth-order valence-electron chi connectivity index (χ4n) is 4.44. The summed E-state index contributed by atoms with van der Waals surface area (Å²) in [5.74, 6) is -0.805. The number of hydrogen-bond donors (Lipinski definition) is 1. The van der Waals surface area contributed by atoms with Crippen LogP contribution in [0.15, 0.2) is 82.8 Å². The fraction of sp³-hybridized carbons (Fsp3) is 0.100. The number of ether oxygens (including phenoxy) is 1. The van der Waals surface area contributed by atoms with Crippen molar-refractivity contribution in [1.29, 1.82) is 0 Å². The zero-order valence-corrected chi connectivity index (χ0v) is 24.5. The van der Waals surface area contributed by atoms with E-state index in [1.165, 1.54) is 24.3 Å². The molecule has 10 heteroatoms. The molecule has 1 fully saturated rings. The zero-order valence-electron chi connectivity index (χ0n) is 21.4. The van der Waals surface area contributed by atoms with E-state index in [0.717, 1.165) is 37.8 Å². The van der Waals surface area contributed by atoms with Gasteiger partial charge in [0.05, 0.1) is 15.7 Å². The summed E-state index contributed by atoms with van der Waals surface area (Å²) in [4.78, 5) is 39.4. The van der Waals surface area contributed by atoms with Crippen molar-refractivity contribution in [2.24, 2.45) is 0 Å². The minimum absolute atomic E-state index is 0.176. The van der Waals surface area contributed by atoms with Crippen LogP contribution >= 0.6 is 39.1 Å². The number of carbonyl (C=O) groups excluding carboxylic acids is 3. The van der Waals surface area contributed by atoms with Crippen LogP contribution < -0.4 is 15.0 Å². The Hall–Kier alpha value is -3.85. The number of barbiturate groups is 1. The predicted molar refractivity (Wildman–Crippen MR) is 159 cm³/mol. The molecule has 0 bridgehead atoms. The number of imide groups is 2. The van der Waals surface area contributed by atoms with Crippen molar-refractivity contribution in [2.75, 3.05) is 4.90 Å². The molecule has 1 saturated heterocycles. The van der Waals surface area contributed by atoms with Crippen LogP contribution in [-0.2, 0) is 16.2 Å². The number of aryl methyl sites for hydroxylation is 1. The molecule has 0 radical (unpaired) electrons. The van der Waals surface area contributed by atoms with Crippen molar-refractivity contribution in [1.82, 2.24) is 9.88 Å². The van der Waals surface area contributed by atoms with Crippen molar-refractivity contribution in [3.63, 3.8) is 0 Å². The van der Waals surface area contributed by atoms with Gasteiger partial charge in [-0.05, 0) is 91.7 Å². The number of rotatable bonds is 6. The van der Waals surface area contributed by atoms with Gasteiger partial charge in [0.2, 0.25) is 0 Å². The first-order valence-electron chi connectivity index (χ1n) is 12.2. The van der Waals surface area contributed by atoms with Crippen LogP contribution in [0.1, 0.15) is 22.5 Å². The number of nitrogens with one attached hydrogen (secondary N) is 1. The van der Waals surface area contributed by atoms with Gasteiger partial charge < -0.3 is 9.30 Å². The Kier molecular flexibility index (Phi) is 7.85. The average Bonchev–Trinajstić information content (AvgIpc) is 3.20. The maximum absolute atomic E-state index is 13.3. The van der Waals surface area contributed by atoms with Gasteiger partial charge in [0.25, 0.3) is 11.8 Å². The van der Waals surface area contributed by atoms with E-state index in [-0.39, 0.29) is 21.3 Å². The number of anilines is 1. The lowest BCUT2D eigenvalue weighted by Crippen LogP contribution is -2.54. The maximum atomic E-state index is 13.3. The molecular weight excluding hydrogens is 617 g/mol. The van der Waals surface area contributed by atoms with E-state index >= 15 is 0 Å². The van der Waals surface area contributed by atoms with Crippen molar-refractivity contribution in [2.45, 2.75) is 20.5 Å². The third-order valence-electron chi connectivity index (χ3n) is 6.45. The highest BCUT2D eigenvalue weighted by Gasteiger charge is 2.37. The minimum Gasteiger partial charge on any atom is -0.489 e. The van der Waals surface area contributed by atoms with Crippen LogP contribution in [0.2, 0.25) is 10.0 Å². The Morgan fingerprint density at radius 1 is 0.875 bits per heavy atom. The number of carbonyl (C=O) groups is 3. The summed E-state index contributed by atoms with van der Waals surface area (Å²) in [6.45, 7) is 4.27. The van der Waals surface area contributed by atoms with E-state index in [9.17, 15) is 14.4 Å².